The second-order valence-electron chi connectivity index (χ2n) is 5.09. The van der Waals surface area contributed by atoms with E-state index >= 15 is 0 Å². The zero-order valence-corrected chi connectivity index (χ0v) is 10.9. The molecule has 1 amide bonds. The Bertz CT molecular complexity index is 395. The topological polar surface area (TPSA) is 83.8 Å². The number of rotatable bonds is 4. The van der Waals surface area contributed by atoms with Crippen LogP contribution in [-0.4, -0.2) is 22.1 Å². The van der Waals surface area contributed by atoms with Crippen LogP contribution < -0.4 is 11.1 Å². The van der Waals surface area contributed by atoms with Crippen LogP contribution in [0.2, 0.25) is 0 Å². The van der Waals surface area contributed by atoms with Gasteiger partial charge < -0.3 is 11.1 Å². The summed E-state index contributed by atoms with van der Waals surface area (Å²) in [7, 11) is 0. The minimum atomic E-state index is -0.137. The summed E-state index contributed by atoms with van der Waals surface area (Å²) in [6, 6.07) is 0.250. The Hall–Kier alpha value is -1.52. The summed E-state index contributed by atoms with van der Waals surface area (Å²) in [4.78, 5) is 12.1. The number of aromatic amines is 1. The number of hydrogen-bond donors (Lipinski definition) is 3. The minimum absolute atomic E-state index is 0.137. The molecule has 1 aliphatic carbocycles. The van der Waals surface area contributed by atoms with Crippen molar-refractivity contribution in [2.45, 2.75) is 51.5 Å². The summed E-state index contributed by atoms with van der Waals surface area (Å²) >= 11 is 0. The predicted octanol–water partition coefficient (Wildman–Crippen LogP) is 2.08. The lowest BCUT2D eigenvalue weighted by Gasteiger charge is -2.30. The summed E-state index contributed by atoms with van der Waals surface area (Å²) in [5.74, 6) is 0.472. The lowest BCUT2D eigenvalue weighted by molar-refractivity contribution is 0.0907. The molecule has 1 atom stereocenters. The second-order valence-corrected chi connectivity index (χ2v) is 5.09. The van der Waals surface area contributed by atoms with Gasteiger partial charge in [-0.05, 0) is 25.2 Å². The Morgan fingerprint density at radius 3 is 2.83 bits per heavy atom. The van der Waals surface area contributed by atoms with Crippen molar-refractivity contribution in [2.75, 3.05) is 5.73 Å². The van der Waals surface area contributed by atoms with Gasteiger partial charge in [0.25, 0.3) is 5.91 Å². The summed E-state index contributed by atoms with van der Waals surface area (Å²) in [6.45, 7) is 2.12. The molecule has 0 aliphatic heterocycles. The van der Waals surface area contributed by atoms with Gasteiger partial charge in [0, 0.05) is 6.04 Å². The number of H-pyrrole nitrogens is 1. The first-order chi connectivity index (χ1) is 8.72. The maximum absolute atomic E-state index is 12.1. The molecule has 1 saturated carbocycles. The van der Waals surface area contributed by atoms with Crippen molar-refractivity contribution >= 4 is 11.6 Å². The van der Waals surface area contributed by atoms with Gasteiger partial charge in [-0.3, -0.25) is 9.89 Å². The van der Waals surface area contributed by atoms with Crippen LogP contribution in [0, 0.1) is 5.92 Å². The highest BCUT2D eigenvalue weighted by Gasteiger charge is 2.25. The number of carbonyl (C=O) groups is 1. The van der Waals surface area contributed by atoms with Crippen LogP contribution in [0.15, 0.2) is 6.20 Å². The quantitative estimate of drug-likeness (QED) is 0.765. The van der Waals surface area contributed by atoms with Gasteiger partial charge in [-0.25, -0.2) is 0 Å². The van der Waals surface area contributed by atoms with Gasteiger partial charge in [0.2, 0.25) is 0 Å². The number of amides is 1. The third kappa shape index (κ3) is 2.83. The number of aromatic nitrogens is 2. The maximum Gasteiger partial charge on any atom is 0.271 e. The fraction of sp³-hybridized carbons (Fsp3) is 0.692. The van der Waals surface area contributed by atoms with Crippen LogP contribution in [-0.2, 0) is 0 Å². The number of hydrogen-bond acceptors (Lipinski definition) is 3. The molecule has 100 valence electrons. The molecule has 1 heterocycles. The van der Waals surface area contributed by atoms with Crippen LogP contribution in [0.4, 0.5) is 5.69 Å². The molecular formula is C13H22N4O. The lowest BCUT2D eigenvalue weighted by Crippen LogP contribution is -2.41. The Morgan fingerprint density at radius 2 is 2.28 bits per heavy atom. The first kappa shape index (κ1) is 12.9. The summed E-state index contributed by atoms with van der Waals surface area (Å²) in [5.41, 5.74) is 6.47. The number of nitrogens with zero attached hydrogens (tertiary/aromatic N) is 1. The van der Waals surface area contributed by atoms with Crippen LogP contribution >= 0.6 is 0 Å². The van der Waals surface area contributed by atoms with Gasteiger partial charge in [0.1, 0.15) is 5.69 Å². The first-order valence-electron chi connectivity index (χ1n) is 6.82. The smallest absolute Gasteiger partial charge is 0.271 e. The zero-order valence-electron chi connectivity index (χ0n) is 10.9. The molecule has 5 heteroatoms. The highest BCUT2D eigenvalue weighted by molar-refractivity contribution is 5.97. The van der Waals surface area contributed by atoms with Crippen molar-refractivity contribution < 1.29 is 4.79 Å². The molecule has 4 N–H and O–H groups in total. The average Bonchev–Trinajstić information content (AvgIpc) is 2.83. The normalized spacial score (nSPS) is 18.5. The third-order valence-corrected chi connectivity index (χ3v) is 3.87. The van der Waals surface area contributed by atoms with E-state index in [9.17, 15) is 4.79 Å². The number of carbonyl (C=O) groups excluding carboxylic acids is 1. The standard InChI is InChI=1S/C13H22N4O/c1-2-11(9-6-4-3-5-7-9)16-13(18)12-10(14)8-15-17-12/h8-9,11H,2-7,14H2,1H3,(H,15,17)(H,16,18). The summed E-state index contributed by atoms with van der Waals surface area (Å²) < 4.78 is 0. The third-order valence-electron chi connectivity index (χ3n) is 3.87. The number of anilines is 1. The van der Waals surface area contributed by atoms with Gasteiger partial charge in [0.05, 0.1) is 11.9 Å². The zero-order chi connectivity index (χ0) is 13.0. The lowest BCUT2D eigenvalue weighted by atomic mass is 9.83. The highest BCUT2D eigenvalue weighted by Crippen LogP contribution is 2.27. The van der Waals surface area contributed by atoms with E-state index in [0.29, 0.717) is 17.3 Å². The minimum Gasteiger partial charge on any atom is -0.396 e. The second kappa shape index (κ2) is 5.89. The van der Waals surface area contributed by atoms with Gasteiger partial charge in [-0.2, -0.15) is 5.10 Å². The van der Waals surface area contributed by atoms with Crippen molar-refractivity contribution in [3.63, 3.8) is 0 Å². The van der Waals surface area contributed by atoms with Crippen LogP contribution in [0.3, 0.4) is 0 Å². The number of nitrogens with one attached hydrogen (secondary N) is 2. The van der Waals surface area contributed by atoms with E-state index in [1.165, 1.54) is 38.3 Å². The monoisotopic (exact) mass is 250 g/mol. The van der Waals surface area contributed by atoms with Crippen LogP contribution in [0.5, 0.6) is 0 Å². The molecule has 0 spiro atoms. The fourth-order valence-electron chi connectivity index (χ4n) is 2.81. The maximum atomic E-state index is 12.1. The summed E-state index contributed by atoms with van der Waals surface area (Å²) in [5, 5.41) is 9.52. The SMILES string of the molecule is CCC(NC(=O)c1[nH]ncc1N)C1CCCCC1. The molecule has 1 aromatic rings. The molecule has 0 bridgehead atoms. The first-order valence-corrected chi connectivity index (χ1v) is 6.82. The van der Waals surface area contributed by atoms with Crippen molar-refractivity contribution in [1.82, 2.24) is 15.5 Å². The molecule has 1 aromatic heterocycles. The Balaban J connectivity index is 1.97. The number of nitrogens with two attached hydrogens (primary N) is 1. The molecule has 2 rings (SSSR count). The van der Waals surface area contributed by atoms with Gasteiger partial charge in [0.15, 0.2) is 0 Å². The van der Waals surface area contributed by atoms with E-state index in [4.69, 9.17) is 5.73 Å². The van der Waals surface area contributed by atoms with Gasteiger partial charge in [-0.1, -0.05) is 26.2 Å². The highest BCUT2D eigenvalue weighted by atomic mass is 16.2. The predicted molar refractivity (Wildman–Crippen MR) is 71.1 cm³/mol. The van der Waals surface area contributed by atoms with E-state index in [1.807, 2.05) is 0 Å². The van der Waals surface area contributed by atoms with Crippen molar-refractivity contribution in [2.24, 2.45) is 5.92 Å². The van der Waals surface area contributed by atoms with E-state index in [2.05, 4.69) is 22.4 Å². The molecule has 0 radical (unpaired) electrons. The van der Waals surface area contributed by atoms with Gasteiger partial charge in [-0.15, -0.1) is 0 Å². The van der Waals surface area contributed by atoms with Crippen molar-refractivity contribution in [1.29, 1.82) is 0 Å². The fourth-order valence-corrected chi connectivity index (χ4v) is 2.81. The largest absolute Gasteiger partial charge is 0.396 e. The summed E-state index contributed by atoms with van der Waals surface area (Å²) in [6.07, 6.45) is 8.76. The van der Waals surface area contributed by atoms with Crippen LogP contribution in [0.25, 0.3) is 0 Å². The van der Waals surface area contributed by atoms with Gasteiger partial charge >= 0.3 is 0 Å². The Morgan fingerprint density at radius 1 is 1.56 bits per heavy atom. The molecule has 1 fully saturated rings. The Labute approximate surface area is 108 Å². The van der Waals surface area contributed by atoms with Crippen molar-refractivity contribution in [3.05, 3.63) is 11.9 Å². The van der Waals surface area contributed by atoms with E-state index < -0.39 is 0 Å². The molecule has 0 saturated heterocycles. The van der Waals surface area contributed by atoms with E-state index in [0.717, 1.165) is 6.42 Å². The molecule has 1 unspecified atom stereocenters. The Kier molecular flexibility index (Phi) is 4.23. The van der Waals surface area contributed by atoms with Crippen molar-refractivity contribution in [3.8, 4) is 0 Å². The molecule has 0 aromatic carbocycles. The van der Waals surface area contributed by atoms with E-state index in [1.54, 1.807) is 0 Å². The molecule has 18 heavy (non-hydrogen) atoms. The molecule has 1 aliphatic rings. The molecule has 5 nitrogen and oxygen atoms in total. The van der Waals surface area contributed by atoms with E-state index in [-0.39, 0.29) is 11.9 Å². The number of nitrogen functional groups attached to an aromatic ring is 1. The van der Waals surface area contributed by atoms with Crippen LogP contribution in [0.1, 0.15) is 55.9 Å². The molecular weight excluding hydrogens is 228 g/mol. The average molecular weight is 250 g/mol.